The van der Waals surface area contributed by atoms with Crippen LogP contribution in [0, 0.1) is 12.3 Å². The van der Waals surface area contributed by atoms with Crippen LogP contribution in [0.4, 0.5) is 0 Å². The van der Waals surface area contributed by atoms with Gasteiger partial charge in [0.15, 0.2) is 0 Å². The number of hydrogen-bond donors (Lipinski definition) is 1. The van der Waals surface area contributed by atoms with Crippen molar-refractivity contribution in [2.75, 3.05) is 7.05 Å². The Bertz CT molecular complexity index is 420. The van der Waals surface area contributed by atoms with E-state index in [4.69, 9.17) is 5.73 Å². The highest BCUT2D eigenvalue weighted by Crippen LogP contribution is 2.28. The third-order valence-corrected chi connectivity index (χ3v) is 4.47. The van der Waals surface area contributed by atoms with Crippen LogP contribution < -0.4 is 5.73 Å². The number of nitrogens with two attached hydrogens (primary N) is 1. The third-order valence-electron chi connectivity index (χ3n) is 3.30. The molecular formula is C14H24N2OS. The zero-order valence-corrected chi connectivity index (χ0v) is 13.0. The maximum Gasteiger partial charge on any atom is 0.240 e. The fourth-order valence-electron chi connectivity index (χ4n) is 1.65. The van der Waals surface area contributed by atoms with Gasteiger partial charge < -0.3 is 10.6 Å². The normalized spacial score (nSPS) is 15.3. The molecule has 1 aromatic heterocycles. The van der Waals surface area contributed by atoms with E-state index in [9.17, 15) is 4.79 Å². The molecule has 0 saturated carbocycles. The van der Waals surface area contributed by atoms with E-state index in [2.05, 4.69) is 19.1 Å². The highest BCUT2D eigenvalue weighted by atomic mass is 32.1. The van der Waals surface area contributed by atoms with E-state index >= 15 is 0 Å². The molecule has 1 amide bonds. The van der Waals surface area contributed by atoms with Crippen LogP contribution in [0.5, 0.6) is 0 Å². The van der Waals surface area contributed by atoms with Crippen LogP contribution in [0.1, 0.15) is 43.5 Å². The van der Waals surface area contributed by atoms with Gasteiger partial charge in [0.05, 0.1) is 12.1 Å². The second kappa shape index (κ2) is 5.41. The molecule has 0 aromatic carbocycles. The number of amides is 1. The minimum Gasteiger partial charge on any atom is -0.337 e. The number of thiophene rings is 1. The fraction of sp³-hybridized carbons (Fsp3) is 0.643. The summed E-state index contributed by atoms with van der Waals surface area (Å²) < 4.78 is 0. The predicted octanol–water partition coefficient (Wildman–Crippen LogP) is 2.95. The predicted molar refractivity (Wildman–Crippen MR) is 77.7 cm³/mol. The Labute approximate surface area is 114 Å². The SMILES string of the molecule is Cc1ccc(C(C)N(C)C(=O)[C@H](N)C(C)(C)C)s1. The number of aryl methyl sites for hydroxylation is 1. The molecule has 0 bridgehead atoms. The summed E-state index contributed by atoms with van der Waals surface area (Å²) in [5, 5.41) is 0. The maximum absolute atomic E-state index is 12.3. The van der Waals surface area contributed by atoms with Crippen molar-refractivity contribution in [3.05, 3.63) is 21.9 Å². The van der Waals surface area contributed by atoms with Gasteiger partial charge in [-0.25, -0.2) is 0 Å². The first-order chi connectivity index (χ1) is 8.14. The summed E-state index contributed by atoms with van der Waals surface area (Å²) >= 11 is 1.73. The zero-order valence-electron chi connectivity index (χ0n) is 12.2. The Morgan fingerprint density at radius 3 is 2.33 bits per heavy atom. The molecule has 1 rings (SSSR count). The second-order valence-corrected chi connectivity index (χ2v) is 7.24. The number of likely N-dealkylation sites (N-methyl/N-ethyl adjacent to an activating group) is 1. The lowest BCUT2D eigenvalue weighted by atomic mass is 9.86. The number of carbonyl (C=O) groups excluding carboxylic acids is 1. The Kier molecular flexibility index (Phi) is 4.56. The number of nitrogens with zero attached hydrogens (tertiary/aromatic N) is 1. The Morgan fingerprint density at radius 2 is 1.94 bits per heavy atom. The molecule has 0 spiro atoms. The second-order valence-electron chi connectivity index (χ2n) is 5.92. The van der Waals surface area contributed by atoms with Crippen LogP contribution in [0.15, 0.2) is 12.1 Å². The summed E-state index contributed by atoms with van der Waals surface area (Å²) in [7, 11) is 1.83. The van der Waals surface area contributed by atoms with E-state index in [0.29, 0.717) is 0 Å². The molecule has 102 valence electrons. The van der Waals surface area contributed by atoms with Crippen LogP contribution in [-0.4, -0.2) is 23.9 Å². The van der Waals surface area contributed by atoms with Crippen molar-refractivity contribution in [2.24, 2.45) is 11.1 Å². The van der Waals surface area contributed by atoms with Gasteiger partial charge in [-0.1, -0.05) is 20.8 Å². The van der Waals surface area contributed by atoms with E-state index in [1.807, 2.05) is 34.7 Å². The maximum atomic E-state index is 12.3. The molecular weight excluding hydrogens is 244 g/mol. The molecule has 18 heavy (non-hydrogen) atoms. The van der Waals surface area contributed by atoms with Gasteiger partial charge in [-0.05, 0) is 31.4 Å². The highest BCUT2D eigenvalue weighted by Gasteiger charge is 2.31. The van der Waals surface area contributed by atoms with Gasteiger partial charge in [-0.3, -0.25) is 4.79 Å². The summed E-state index contributed by atoms with van der Waals surface area (Å²) in [6.07, 6.45) is 0. The largest absolute Gasteiger partial charge is 0.337 e. The van der Waals surface area contributed by atoms with Crippen LogP contribution in [0.2, 0.25) is 0 Å². The van der Waals surface area contributed by atoms with Crippen LogP contribution in [-0.2, 0) is 4.79 Å². The first-order valence-corrected chi connectivity index (χ1v) is 7.05. The van der Waals surface area contributed by atoms with Crippen molar-refractivity contribution in [3.63, 3.8) is 0 Å². The summed E-state index contributed by atoms with van der Waals surface area (Å²) in [5.41, 5.74) is 5.82. The fourth-order valence-corrected chi connectivity index (χ4v) is 2.62. The van der Waals surface area contributed by atoms with Gasteiger partial charge in [0.2, 0.25) is 5.91 Å². The monoisotopic (exact) mass is 268 g/mol. The van der Waals surface area contributed by atoms with Gasteiger partial charge in [0, 0.05) is 16.8 Å². The minimum atomic E-state index is -0.467. The van der Waals surface area contributed by atoms with Crippen molar-refractivity contribution in [2.45, 2.75) is 46.7 Å². The van der Waals surface area contributed by atoms with E-state index in [1.54, 1.807) is 16.2 Å². The molecule has 0 saturated heterocycles. The Balaban J connectivity index is 2.81. The molecule has 1 aromatic rings. The van der Waals surface area contributed by atoms with Gasteiger partial charge in [-0.2, -0.15) is 0 Å². The standard InChI is InChI=1S/C14H24N2OS/c1-9-7-8-11(18-9)10(2)16(6)13(17)12(15)14(3,4)5/h7-8,10,12H,15H2,1-6H3/t10?,12-/m0/s1. The van der Waals surface area contributed by atoms with E-state index < -0.39 is 6.04 Å². The molecule has 0 aliphatic rings. The molecule has 1 heterocycles. The quantitative estimate of drug-likeness (QED) is 0.916. The van der Waals surface area contributed by atoms with Crippen molar-refractivity contribution < 1.29 is 4.79 Å². The van der Waals surface area contributed by atoms with Gasteiger partial charge in [0.25, 0.3) is 0 Å². The average Bonchev–Trinajstić information content (AvgIpc) is 2.70. The Morgan fingerprint density at radius 1 is 1.39 bits per heavy atom. The van der Waals surface area contributed by atoms with Gasteiger partial charge >= 0.3 is 0 Å². The van der Waals surface area contributed by atoms with Crippen LogP contribution in [0.25, 0.3) is 0 Å². The smallest absolute Gasteiger partial charge is 0.240 e. The van der Waals surface area contributed by atoms with Crippen molar-refractivity contribution in [3.8, 4) is 0 Å². The first kappa shape index (κ1) is 15.2. The molecule has 0 aliphatic carbocycles. The molecule has 4 heteroatoms. The molecule has 2 atom stereocenters. The summed E-state index contributed by atoms with van der Waals surface area (Å²) in [4.78, 5) is 16.5. The summed E-state index contributed by atoms with van der Waals surface area (Å²) in [5.74, 6) is 0.000975. The average molecular weight is 268 g/mol. The topological polar surface area (TPSA) is 46.3 Å². The van der Waals surface area contributed by atoms with Crippen molar-refractivity contribution in [1.29, 1.82) is 0 Å². The molecule has 1 unspecified atom stereocenters. The molecule has 0 radical (unpaired) electrons. The van der Waals surface area contributed by atoms with E-state index in [1.165, 1.54) is 9.75 Å². The third kappa shape index (κ3) is 3.33. The van der Waals surface area contributed by atoms with Crippen LogP contribution in [0.3, 0.4) is 0 Å². The van der Waals surface area contributed by atoms with Crippen LogP contribution >= 0.6 is 11.3 Å². The lowest BCUT2D eigenvalue weighted by Crippen LogP contribution is -2.49. The lowest BCUT2D eigenvalue weighted by Gasteiger charge is -2.32. The first-order valence-electron chi connectivity index (χ1n) is 6.23. The molecule has 0 fully saturated rings. The van der Waals surface area contributed by atoms with Crippen molar-refractivity contribution >= 4 is 17.2 Å². The summed E-state index contributed by atoms with van der Waals surface area (Å²) in [6.45, 7) is 10.1. The van der Waals surface area contributed by atoms with E-state index in [0.717, 1.165) is 0 Å². The number of rotatable bonds is 3. The minimum absolute atomic E-state index is 0.000975. The van der Waals surface area contributed by atoms with Gasteiger partial charge in [0.1, 0.15) is 0 Å². The molecule has 0 aliphatic heterocycles. The zero-order chi connectivity index (χ0) is 14.1. The van der Waals surface area contributed by atoms with E-state index in [-0.39, 0.29) is 17.4 Å². The Hall–Kier alpha value is -0.870. The highest BCUT2D eigenvalue weighted by molar-refractivity contribution is 7.12. The van der Waals surface area contributed by atoms with Crippen molar-refractivity contribution in [1.82, 2.24) is 4.90 Å². The molecule has 3 nitrogen and oxygen atoms in total. The number of hydrogen-bond acceptors (Lipinski definition) is 3. The summed E-state index contributed by atoms with van der Waals surface area (Å²) in [6, 6.07) is 3.77. The number of carbonyl (C=O) groups is 1. The molecule has 2 N–H and O–H groups in total. The lowest BCUT2D eigenvalue weighted by molar-refractivity contribution is -0.135. The van der Waals surface area contributed by atoms with Gasteiger partial charge in [-0.15, -0.1) is 11.3 Å².